The molecule has 1 N–H and O–H groups in total. The number of anilines is 1. The zero-order valence-corrected chi connectivity index (χ0v) is 18.5. The van der Waals surface area contributed by atoms with Crippen molar-refractivity contribution in [3.05, 3.63) is 72.3 Å². The van der Waals surface area contributed by atoms with Gasteiger partial charge in [-0.25, -0.2) is 0 Å². The molecule has 1 aliphatic heterocycles. The lowest BCUT2D eigenvalue weighted by Crippen LogP contribution is -2.46. The van der Waals surface area contributed by atoms with Gasteiger partial charge < -0.3 is 10.0 Å². The van der Waals surface area contributed by atoms with Crippen LogP contribution in [0.5, 0.6) is 5.75 Å². The van der Waals surface area contributed by atoms with Gasteiger partial charge in [0.2, 0.25) is 5.91 Å². The first kappa shape index (κ1) is 20.6. The van der Waals surface area contributed by atoms with E-state index in [2.05, 4.69) is 21.9 Å². The van der Waals surface area contributed by atoms with Gasteiger partial charge in [0.05, 0.1) is 16.7 Å². The minimum Gasteiger partial charge on any atom is -0.506 e. The fraction of sp³-hybridized carbons (Fsp3) is 0.296. The summed E-state index contributed by atoms with van der Waals surface area (Å²) >= 11 is 0. The van der Waals surface area contributed by atoms with E-state index in [1.165, 1.54) is 0 Å². The third-order valence-corrected chi connectivity index (χ3v) is 6.54. The van der Waals surface area contributed by atoms with Crippen molar-refractivity contribution in [1.29, 1.82) is 0 Å². The molecule has 0 spiro atoms. The summed E-state index contributed by atoms with van der Waals surface area (Å²) in [6.45, 7) is 6.56. The number of carbonyl (C=O) groups excluding carboxylic acids is 1. The van der Waals surface area contributed by atoms with Crippen molar-refractivity contribution < 1.29 is 9.90 Å². The summed E-state index contributed by atoms with van der Waals surface area (Å²) in [4.78, 5) is 17.8. The second kappa shape index (κ2) is 8.67. The lowest BCUT2D eigenvalue weighted by atomic mass is 10.1. The maximum absolute atomic E-state index is 13.2. The van der Waals surface area contributed by atoms with Crippen molar-refractivity contribution in [2.45, 2.75) is 19.8 Å². The number of phenols is 1. The van der Waals surface area contributed by atoms with E-state index in [9.17, 15) is 9.90 Å². The summed E-state index contributed by atoms with van der Waals surface area (Å²) in [5.74, 6) is 0.515. The molecule has 5 rings (SSSR count). The van der Waals surface area contributed by atoms with Crippen molar-refractivity contribution in [3.8, 4) is 5.75 Å². The van der Waals surface area contributed by atoms with Gasteiger partial charge in [-0.2, -0.15) is 0 Å². The molecule has 0 amide bonds. The number of nitrogens with zero attached hydrogens (tertiary/aromatic N) is 3. The Morgan fingerprint density at radius 1 is 0.875 bits per heavy atom. The third kappa shape index (κ3) is 3.84. The Kier molecular flexibility index (Phi) is 5.58. The number of aromatic hydroxyl groups is 1. The van der Waals surface area contributed by atoms with Crippen molar-refractivity contribution in [1.82, 2.24) is 9.47 Å². The lowest BCUT2D eigenvalue weighted by Gasteiger charge is -2.36. The number of aryl methyl sites for hydroxylation is 1. The molecule has 164 valence electrons. The first-order valence-electron chi connectivity index (χ1n) is 11.4. The van der Waals surface area contributed by atoms with Crippen LogP contribution in [0.1, 0.15) is 23.2 Å². The van der Waals surface area contributed by atoms with Gasteiger partial charge >= 0.3 is 0 Å². The van der Waals surface area contributed by atoms with Crippen LogP contribution in [-0.2, 0) is 0 Å². The summed E-state index contributed by atoms with van der Waals surface area (Å²) in [5, 5.41) is 12.5. The molecule has 0 radical (unpaired) electrons. The van der Waals surface area contributed by atoms with E-state index in [0.29, 0.717) is 12.2 Å². The Hall–Kier alpha value is -3.31. The number of para-hydroxylation sites is 2. The van der Waals surface area contributed by atoms with Crippen LogP contribution in [0.2, 0.25) is 0 Å². The van der Waals surface area contributed by atoms with Crippen LogP contribution < -0.4 is 4.90 Å². The molecule has 0 bridgehead atoms. The van der Waals surface area contributed by atoms with Gasteiger partial charge in [0.1, 0.15) is 5.75 Å². The molecule has 1 aliphatic rings. The first-order valence-corrected chi connectivity index (χ1v) is 11.4. The van der Waals surface area contributed by atoms with Crippen molar-refractivity contribution in [2.75, 3.05) is 37.6 Å². The Morgan fingerprint density at radius 2 is 1.50 bits per heavy atom. The number of carbonyl (C=O) groups is 1. The highest BCUT2D eigenvalue weighted by Gasteiger charge is 2.20. The Labute approximate surface area is 188 Å². The topological polar surface area (TPSA) is 48.7 Å². The lowest BCUT2D eigenvalue weighted by molar-refractivity contribution is 0.0904. The predicted molar refractivity (Wildman–Crippen MR) is 131 cm³/mol. The number of aromatic nitrogens is 1. The maximum Gasteiger partial charge on any atom is 0.231 e. The summed E-state index contributed by atoms with van der Waals surface area (Å²) in [7, 11) is 0. The number of hydrogen-bond acceptors (Lipinski definition) is 4. The fourth-order valence-corrected chi connectivity index (χ4v) is 4.87. The molecule has 5 nitrogen and oxygen atoms in total. The van der Waals surface area contributed by atoms with Crippen LogP contribution in [-0.4, -0.2) is 53.2 Å². The quantitative estimate of drug-likeness (QED) is 0.484. The number of benzene rings is 3. The molecule has 3 aromatic carbocycles. The number of phenolic OH excluding ortho intramolecular Hbond substituents is 1. The maximum atomic E-state index is 13.2. The van der Waals surface area contributed by atoms with E-state index in [-0.39, 0.29) is 5.91 Å². The number of fused-ring (bicyclic) bond motifs is 3. The van der Waals surface area contributed by atoms with Crippen LogP contribution in [0, 0.1) is 6.92 Å². The fourth-order valence-electron chi connectivity index (χ4n) is 4.87. The standard InChI is InChI=1S/C27H29N3O2/c1-20-12-13-25(26(31)19-20)29-17-15-28(16-18-29)14-6-11-27(32)30-23-9-4-2-7-21(23)22-8-3-5-10-24(22)30/h2-5,7-10,12-13,19,31H,6,11,14-18H2,1H3. The van der Waals surface area contributed by atoms with Gasteiger partial charge in [-0.3, -0.25) is 14.3 Å². The molecule has 5 heteroatoms. The van der Waals surface area contributed by atoms with Gasteiger partial charge in [0.15, 0.2) is 0 Å². The molecule has 4 aromatic rings. The molecule has 0 saturated carbocycles. The van der Waals surface area contributed by atoms with Crippen LogP contribution in [0.15, 0.2) is 66.7 Å². The molecule has 0 aliphatic carbocycles. The molecule has 0 unspecified atom stereocenters. The highest BCUT2D eigenvalue weighted by molar-refractivity contribution is 6.13. The highest BCUT2D eigenvalue weighted by Crippen LogP contribution is 2.30. The smallest absolute Gasteiger partial charge is 0.231 e. The van der Waals surface area contributed by atoms with Gasteiger partial charge in [-0.05, 0) is 49.7 Å². The second-order valence-corrected chi connectivity index (χ2v) is 8.69. The highest BCUT2D eigenvalue weighted by atomic mass is 16.3. The number of rotatable bonds is 5. The van der Waals surface area contributed by atoms with Crippen molar-refractivity contribution in [2.24, 2.45) is 0 Å². The molecule has 0 atom stereocenters. The van der Waals surface area contributed by atoms with Crippen LogP contribution in [0.3, 0.4) is 0 Å². The zero-order chi connectivity index (χ0) is 22.1. The number of piperazine rings is 1. The predicted octanol–water partition coefficient (Wildman–Crippen LogP) is 5.05. The molecular weight excluding hydrogens is 398 g/mol. The minimum absolute atomic E-state index is 0.158. The Bertz CT molecular complexity index is 1220. The average Bonchev–Trinajstić information content (AvgIpc) is 3.14. The summed E-state index contributed by atoms with van der Waals surface area (Å²) in [6, 6.07) is 22.2. The summed E-state index contributed by atoms with van der Waals surface area (Å²) in [5.41, 5.74) is 3.96. The average molecular weight is 428 g/mol. The molecule has 1 saturated heterocycles. The third-order valence-electron chi connectivity index (χ3n) is 6.54. The van der Waals surface area contributed by atoms with E-state index < -0.39 is 0 Å². The monoisotopic (exact) mass is 427 g/mol. The number of hydrogen-bond donors (Lipinski definition) is 1. The van der Waals surface area contributed by atoms with Gasteiger partial charge in [0, 0.05) is 43.4 Å². The van der Waals surface area contributed by atoms with E-state index in [1.807, 2.05) is 66.1 Å². The van der Waals surface area contributed by atoms with Gasteiger partial charge in [0.25, 0.3) is 0 Å². The van der Waals surface area contributed by atoms with Gasteiger partial charge in [-0.1, -0.05) is 42.5 Å². The first-order chi connectivity index (χ1) is 15.6. The minimum atomic E-state index is 0.158. The molecular formula is C27H29N3O2. The van der Waals surface area contributed by atoms with Crippen LogP contribution in [0.25, 0.3) is 21.8 Å². The normalized spacial score (nSPS) is 15.0. The molecule has 2 heterocycles. The van der Waals surface area contributed by atoms with E-state index in [0.717, 1.165) is 72.2 Å². The SMILES string of the molecule is Cc1ccc(N2CCN(CCCC(=O)n3c4ccccc4c4ccccc43)CC2)c(O)c1. The van der Waals surface area contributed by atoms with Crippen molar-refractivity contribution >= 4 is 33.4 Å². The van der Waals surface area contributed by atoms with E-state index in [1.54, 1.807) is 0 Å². The molecule has 32 heavy (non-hydrogen) atoms. The second-order valence-electron chi connectivity index (χ2n) is 8.69. The molecule has 1 fully saturated rings. The Balaban J connectivity index is 1.20. The van der Waals surface area contributed by atoms with Gasteiger partial charge in [-0.15, -0.1) is 0 Å². The summed E-state index contributed by atoms with van der Waals surface area (Å²) in [6.07, 6.45) is 1.37. The Morgan fingerprint density at radius 3 is 2.12 bits per heavy atom. The van der Waals surface area contributed by atoms with Crippen LogP contribution in [0.4, 0.5) is 5.69 Å². The van der Waals surface area contributed by atoms with E-state index in [4.69, 9.17) is 0 Å². The molecule has 1 aromatic heterocycles. The zero-order valence-electron chi connectivity index (χ0n) is 18.5. The van der Waals surface area contributed by atoms with E-state index >= 15 is 0 Å². The van der Waals surface area contributed by atoms with Crippen molar-refractivity contribution in [3.63, 3.8) is 0 Å². The largest absolute Gasteiger partial charge is 0.506 e. The van der Waals surface area contributed by atoms with Crippen LogP contribution >= 0.6 is 0 Å². The summed E-state index contributed by atoms with van der Waals surface area (Å²) < 4.78 is 1.89.